The lowest BCUT2D eigenvalue weighted by atomic mass is 10.1. The van der Waals surface area contributed by atoms with Gasteiger partial charge in [-0.2, -0.15) is 5.32 Å². The molecule has 0 atom stereocenters. The van der Waals surface area contributed by atoms with Crippen LogP contribution >= 0.6 is 0 Å². The molecule has 0 saturated carbocycles. The zero-order valence-electron chi connectivity index (χ0n) is 10.0. The van der Waals surface area contributed by atoms with Crippen molar-refractivity contribution in [3.8, 4) is 5.75 Å². The molecule has 0 unspecified atom stereocenters. The number of nitrogens with one attached hydrogen (secondary N) is 1. The van der Waals surface area contributed by atoms with Gasteiger partial charge in [0.15, 0.2) is 5.78 Å². The third-order valence-corrected chi connectivity index (χ3v) is 2.33. The minimum atomic E-state index is 0. The van der Waals surface area contributed by atoms with Gasteiger partial charge in [0.25, 0.3) is 0 Å². The van der Waals surface area contributed by atoms with Crippen molar-refractivity contribution in [1.82, 2.24) is 10.2 Å². The van der Waals surface area contributed by atoms with Crippen molar-refractivity contribution in [2.75, 3.05) is 13.2 Å². The van der Waals surface area contributed by atoms with Gasteiger partial charge in [0.05, 0.1) is 19.0 Å². The molecule has 1 heterocycles. The Morgan fingerprint density at radius 3 is 3.00 bits per heavy atom. The van der Waals surface area contributed by atoms with Gasteiger partial charge in [-0.1, -0.05) is 12.1 Å². The summed E-state index contributed by atoms with van der Waals surface area (Å²) in [6.07, 6.45) is 3.49. The van der Waals surface area contributed by atoms with Gasteiger partial charge in [-0.3, -0.25) is 4.79 Å². The molecule has 2 rings (SSSR count). The van der Waals surface area contributed by atoms with Crippen LogP contribution in [0.15, 0.2) is 36.7 Å². The molecule has 5 heteroatoms. The monoisotopic (exact) mass is 309 g/mol. The largest absolute Gasteiger partial charge is 1.00 e. The van der Waals surface area contributed by atoms with Crippen molar-refractivity contribution >= 4 is 5.78 Å². The van der Waals surface area contributed by atoms with Gasteiger partial charge in [0.1, 0.15) is 12.3 Å². The first kappa shape index (κ1) is 14.4. The summed E-state index contributed by atoms with van der Waals surface area (Å²) in [7, 11) is 0. The second kappa shape index (κ2) is 6.96. The van der Waals surface area contributed by atoms with Crippen molar-refractivity contribution in [3.05, 3.63) is 48.9 Å². The predicted molar refractivity (Wildman–Crippen MR) is 64.2 cm³/mol. The van der Waals surface area contributed by atoms with E-state index in [1.54, 1.807) is 29.4 Å². The number of hydrogen-bond donors (Lipinski definition) is 1. The lowest BCUT2D eigenvalue weighted by Crippen LogP contribution is -3.00. The zero-order chi connectivity index (χ0) is 12.1. The smallest absolute Gasteiger partial charge is 0.562 e. The number of carbonyl (C=O) groups is 1. The number of benzene rings is 1. The van der Waals surface area contributed by atoms with E-state index in [1.807, 2.05) is 19.1 Å². The molecule has 1 aromatic carbocycles. The van der Waals surface area contributed by atoms with Crippen LogP contribution in [0.1, 0.15) is 17.3 Å². The molecule has 0 spiro atoms. The number of ketones is 1. The Kier molecular flexibility index (Phi) is 5.58. The summed E-state index contributed by atoms with van der Waals surface area (Å²) < 4.78 is 5.36. The predicted octanol–water partition coefficient (Wildman–Crippen LogP) is -1.36. The first-order valence-electron chi connectivity index (χ1n) is 5.50. The number of ether oxygens (including phenoxy) is 1. The van der Waals surface area contributed by atoms with Crippen molar-refractivity contribution in [3.63, 3.8) is 0 Å². The number of halogens is 1. The van der Waals surface area contributed by atoms with E-state index in [0.29, 0.717) is 12.2 Å². The Balaban J connectivity index is 0.00000162. The summed E-state index contributed by atoms with van der Waals surface area (Å²) >= 11 is 0. The van der Waals surface area contributed by atoms with Crippen LogP contribution in [0.3, 0.4) is 0 Å². The van der Waals surface area contributed by atoms with Crippen LogP contribution in [0.2, 0.25) is 0 Å². The molecule has 1 radical (unpaired) electrons. The number of Topliss-reactive ketones (excluding diaryl/α,β-unsaturated/α-hetero) is 1. The minimum Gasteiger partial charge on any atom is -1.00 e. The fourth-order valence-electron chi connectivity index (χ4n) is 1.55. The normalized spacial score (nSPS) is 12.4. The number of nitrogens with zero attached hydrogens (tertiary/aromatic N) is 1. The Labute approximate surface area is 117 Å². The number of carbonyl (C=O) groups excluding carboxylic acids is 1. The van der Waals surface area contributed by atoms with Crippen LogP contribution in [-0.4, -0.2) is 23.8 Å². The maximum Gasteiger partial charge on any atom is 0.562 e. The molecule has 4 nitrogen and oxygen atoms in total. The standard InChI is InChI=1S/C13H14N2O2.BrH/c1-2-17-12-5-3-4-11(8-12)13(16)9-15-7-6-14-10-15;/h3-8,14H,2,9H2,1H3;1H/q+1;/p-1. The lowest BCUT2D eigenvalue weighted by molar-refractivity contribution is -0.0000119. The van der Waals surface area contributed by atoms with Crippen LogP contribution in [0.4, 0.5) is 0 Å². The third-order valence-electron chi connectivity index (χ3n) is 2.33. The molecule has 0 bridgehead atoms. The molecule has 0 amide bonds. The fourth-order valence-corrected chi connectivity index (χ4v) is 1.55. The van der Waals surface area contributed by atoms with Gasteiger partial charge < -0.3 is 21.7 Å². The summed E-state index contributed by atoms with van der Waals surface area (Å²) in [6, 6.07) is 7.22. The van der Waals surface area contributed by atoms with Crippen molar-refractivity contribution in [1.29, 1.82) is 0 Å². The first-order chi connectivity index (χ1) is 8.29. The molecule has 1 N–H and O–H groups in total. The van der Waals surface area contributed by atoms with Gasteiger partial charge in [-0.15, -0.1) is 4.90 Å². The zero-order valence-corrected chi connectivity index (χ0v) is 11.6. The van der Waals surface area contributed by atoms with Crippen molar-refractivity contribution in [2.24, 2.45) is 0 Å². The molecule has 1 aliphatic heterocycles. The second-order valence-corrected chi connectivity index (χ2v) is 3.58. The van der Waals surface area contributed by atoms with E-state index >= 15 is 0 Å². The highest BCUT2D eigenvalue weighted by Gasteiger charge is 2.24. The van der Waals surface area contributed by atoms with E-state index in [0.717, 1.165) is 5.75 Å². The topological polar surface area (TPSA) is 41.6 Å². The Hall–Kier alpha value is -1.62. The van der Waals surface area contributed by atoms with E-state index < -0.39 is 0 Å². The third kappa shape index (κ3) is 3.70. The van der Waals surface area contributed by atoms with Gasteiger partial charge in [0.2, 0.25) is 0 Å². The molecule has 1 aliphatic rings. The molecule has 18 heavy (non-hydrogen) atoms. The van der Waals surface area contributed by atoms with Crippen molar-refractivity contribution in [2.45, 2.75) is 6.92 Å². The van der Waals surface area contributed by atoms with Gasteiger partial charge in [-0.05, 0) is 19.1 Å². The lowest BCUT2D eigenvalue weighted by Gasteiger charge is -2.05. The van der Waals surface area contributed by atoms with Gasteiger partial charge >= 0.3 is 6.67 Å². The van der Waals surface area contributed by atoms with Crippen molar-refractivity contribution < 1.29 is 26.5 Å². The Morgan fingerprint density at radius 2 is 2.33 bits per heavy atom. The number of rotatable bonds is 5. The fraction of sp³-hybridized carbons (Fsp3) is 0.231. The highest BCUT2D eigenvalue weighted by atomic mass is 79.9. The molecule has 0 saturated heterocycles. The quantitative estimate of drug-likeness (QED) is 0.539. The summed E-state index contributed by atoms with van der Waals surface area (Å²) in [5, 5.41) is 2.78. The summed E-state index contributed by atoms with van der Waals surface area (Å²) in [5.41, 5.74) is 0.651. The average molecular weight is 310 g/mol. The summed E-state index contributed by atoms with van der Waals surface area (Å²) in [4.78, 5) is 13.6. The summed E-state index contributed by atoms with van der Waals surface area (Å²) in [5.74, 6) is 0.758. The van der Waals surface area contributed by atoms with E-state index in [4.69, 9.17) is 4.74 Å². The molecule has 1 aromatic rings. The van der Waals surface area contributed by atoms with E-state index in [-0.39, 0.29) is 29.3 Å². The van der Waals surface area contributed by atoms with Crippen LogP contribution in [-0.2, 0) is 0 Å². The maximum atomic E-state index is 12.0. The first-order valence-corrected chi connectivity index (χ1v) is 5.50. The molecule has 95 valence electrons. The Morgan fingerprint density at radius 1 is 1.50 bits per heavy atom. The SMILES string of the molecule is CCOc1cccc(C(=O)CN2[C+]NC=C2)c1.[Br-]. The van der Waals surface area contributed by atoms with Gasteiger partial charge in [0, 0.05) is 5.56 Å². The Bertz CT molecular complexity index is 435. The molecular formula is C13H14BrN2O2. The molecule has 0 aromatic heterocycles. The number of hydrogen-bond acceptors (Lipinski definition) is 4. The minimum absolute atomic E-state index is 0. The molecule has 0 fully saturated rings. The van der Waals surface area contributed by atoms with E-state index in [2.05, 4.69) is 12.0 Å². The van der Waals surface area contributed by atoms with E-state index in [9.17, 15) is 4.79 Å². The van der Waals surface area contributed by atoms with Crippen LogP contribution in [0, 0.1) is 6.67 Å². The molecule has 0 aliphatic carbocycles. The average Bonchev–Trinajstić information content (AvgIpc) is 2.83. The van der Waals surface area contributed by atoms with Crippen LogP contribution in [0.5, 0.6) is 5.75 Å². The maximum absolute atomic E-state index is 12.0. The van der Waals surface area contributed by atoms with Crippen LogP contribution in [0.25, 0.3) is 0 Å². The van der Waals surface area contributed by atoms with Gasteiger partial charge in [-0.25, -0.2) is 0 Å². The summed E-state index contributed by atoms with van der Waals surface area (Å²) in [6.45, 7) is 5.61. The highest BCUT2D eigenvalue weighted by Crippen LogP contribution is 2.14. The highest BCUT2D eigenvalue weighted by molar-refractivity contribution is 5.98. The second-order valence-electron chi connectivity index (χ2n) is 3.58. The molecular weight excluding hydrogens is 296 g/mol. The van der Waals surface area contributed by atoms with E-state index in [1.165, 1.54) is 0 Å². The van der Waals surface area contributed by atoms with Crippen LogP contribution < -0.4 is 27.0 Å².